The number of hydrogen-bond acceptors (Lipinski definition) is 1. The summed E-state index contributed by atoms with van der Waals surface area (Å²) in [5.74, 6) is -0.927. The molecule has 2 aromatic carbocycles. The number of nitrogens with one attached hydrogen (secondary N) is 1. The van der Waals surface area contributed by atoms with E-state index in [9.17, 15) is 4.79 Å². The number of benzene rings is 2. The van der Waals surface area contributed by atoms with Crippen molar-refractivity contribution in [2.45, 2.75) is 0 Å². The van der Waals surface area contributed by atoms with E-state index in [4.69, 9.17) is 16.7 Å². The molecule has 1 aromatic heterocycles. The Kier molecular flexibility index (Phi) is 2.09. The van der Waals surface area contributed by atoms with E-state index in [0.717, 1.165) is 21.8 Å². The summed E-state index contributed by atoms with van der Waals surface area (Å²) in [5.41, 5.74) is 2.03. The van der Waals surface area contributed by atoms with Gasteiger partial charge in [0.2, 0.25) is 0 Å². The average Bonchev–Trinajstić information content (AvgIpc) is 2.66. The van der Waals surface area contributed by atoms with Gasteiger partial charge in [-0.1, -0.05) is 17.7 Å². The van der Waals surface area contributed by atoms with E-state index in [1.807, 2.05) is 12.1 Å². The Bertz CT molecular complexity index is 746. The lowest BCUT2D eigenvalue weighted by molar-refractivity contribution is 0.0697. The van der Waals surface area contributed by atoms with E-state index in [1.165, 1.54) is 0 Å². The number of carboxylic acid groups (broad SMARTS) is 1. The first-order valence-electron chi connectivity index (χ1n) is 5.09. The Morgan fingerprint density at radius 2 is 1.88 bits per heavy atom. The van der Waals surface area contributed by atoms with Gasteiger partial charge < -0.3 is 10.1 Å². The maximum Gasteiger partial charge on any atom is 0.335 e. The largest absolute Gasteiger partial charge is 0.478 e. The summed E-state index contributed by atoms with van der Waals surface area (Å²) in [4.78, 5) is 14.1. The van der Waals surface area contributed by atoms with Crippen LogP contribution in [0.1, 0.15) is 10.4 Å². The van der Waals surface area contributed by atoms with Crippen molar-refractivity contribution >= 4 is 39.4 Å². The molecule has 0 radical (unpaired) electrons. The SMILES string of the molecule is O=C(O)c1ccc2c(c1)[nH]c1ccc(Cl)cc12. The maximum absolute atomic E-state index is 10.9. The second-order valence-corrected chi connectivity index (χ2v) is 4.32. The van der Waals surface area contributed by atoms with Crippen molar-refractivity contribution in [2.24, 2.45) is 0 Å². The van der Waals surface area contributed by atoms with Crippen LogP contribution in [0.15, 0.2) is 36.4 Å². The van der Waals surface area contributed by atoms with Crippen LogP contribution in [0.5, 0.6) is 0 Å². The van der Waals surface area contributed by atoms with Crippen LogP contribution in [0, 0.1) is 0 Å². The minimum absolute atomic E-state index is 0.273. The second-order valence-electron chi connectivity index (χ2n) is 3.88. The minimum Gasteiger partial charge on any atom is -0.478 e. The Labute approximate surface area is 102 Å². The summed E-state index contributed by atoms with van der Waals surface area (Å²) in [6.07, 6.45) is 0. The van der Waals surface area contributed by atoms with E-state index >= 15 is 0 Å². The van der Waals surface area contributed by atoms with Crippen LogP contribution in [-0.2, 0) is 0 Å². The van der Waals surface area contributed by atoms with Crippen molar-refractivity contribution in [1.29, 1.82) is 0 Å². The molecule has 0 fully saturated rings. The Balaban J connectivity index is 2.39. The molecule has 17 heavy (non-hydrogen) atoms. The molecule has 0 saturated heterocycles. The molecule has 3 nitrogen and oxygen atoms in total. The van der Waals surface area contributed by atoms with Crippen LogP contribution >= 0.6 is 11.6 Å². The monoisotopic (exact) mass is 245 g/mol. The first-order chi connectivity index (χ1) is 8.15. The molecule has 0 aliphatic heterocycles. The van der Waals surface area contributed by atoms with Gasteiger partial charge in [-0.25, -0.2) is 4.79 Å². The van der Waals surface area contributed by atoms with E-state index in [1.54, 1.807) is 24.3 Å². The van der Waals surface area contributed by atoms with Gasteiger partial charge in [-0.05, 0) is 30.3 Å². The lowest BCUT2D eigenvalue weighted by Gasteiger charge is -1.94. The number of aromatic carboxylic acids is 1. The quantitative estimate of drug-likeness (QED) is 0.687. The number of rotatable bonds is 1. The van der Waals surface area contributed by atoms with E-state index in [0.29, 0.717) is 5.02 Å². The lowest BCUT2D eigenvalue weighted by Crippen LogP contribution is -1.94. The fourth-order valence-electron chi connectivity index (χ4n) is 2.01. The molecule has 1 heterocycles. The van der Waals surface area contributed by atoms with Crippen LogP contribution in [0.2, 0.25) is 5.02 Å². The Morgan fingerprint density at radius 3 is 2.65 bits per heavy atom. The van der Waals surface area contributed by atoms with Crippen LogP contribution in [-0.4, -0.2) is 16.1 Å². The smallest absolute Gasteiger partial charge is 0.335 e. The summed E-state index contributed by atoms with van der Waals surface area (Å²) in [6.45, 7) is 0. The van der Waals surface area contributed by atoms with Crippen LogP contribution < -0.4 is 0 Å². The molecule has 3 aromatic rings. The third-order valence-corrected chi connectivity index (χ3v) is 3.04. The van der Waals surface area contributed by atoms with E-state index < -0.39 is 5.97 Å². The molecule has 84 valence electrons. The van der Waals surface area contributed by atoms with Crippen molar-refractivity contribution in [3.63, 3.8) is 0 Å². The highest BCUT2D eigenvalue weighted by Crippen LogP contribution is 2.28. The third kappa shape index (κ3) is 1.56. The normalized spacial score (nSPS) is 11.1. The van der Waals surface area contributed by atoms with Gasteiger partial charge in [-0.3, -0.25) is 0 Å². The highest BCUT2D eigenvalue weighted by molar-refractivity contribution is 6.31. The zero-order valence-corrected chi connectivity index (χ0v) is 9.45. The van der Waals surface area contributed by atoms with Crippen LogP contribution in [0.4, 0.5) is 0 Å². The standard InChI is InChI=1S/C13H8ClNO2/c14-8-2-4-11-10(6-8)9-3-1-7(13(16)17)5-12(9)15-11/h1-6,15H,(H,16,17). The fraction of sp³-hybridized carbons (Fsp3) is 0. The molecule has 4 heteroatoms. The van der Waals surface area contributed by atoms with E-state index in [-0.39, 0.29) is 5.56 Å². The first-order valence-corrected chi connectivity index (χ1v) is 5.47. The molecular weight excluding hydrogens is 238 g/mol. The van der Waals surface area contributed by atoms with Crippen molar-refractivity contribution in [1.82, 2.24) is 4.98 Å². The van der Waals surface area contributed by atoms with Gasteiger partial charge in [0.25, 0.3) is 0 Å². The van der Waals surface area contributed by atoms with Crippen molar-refractivity contribution in [3.05, 3.63) is 47.0 Å². The zero-order valence-electron chi connectivity index (χ0n) is 8.70. The minimum atomic E-state index is -0.927. The number of carbonyl (C=O) groups is 1. The molecule has 0 aliphatic rings. The van der Waals surface area contributed by atoms with Gasteiger partial charge in [0, 0.05) is 26.8 Å². The summed E-state index contributed by atoms with van der Waals surface area (Å²) in [7, 11) is 0. The molecule has 0 aliphatic carbocycles. The summed E-state index contributed by atoms with van der Waals surface area (Å²) >= 11 is 5.95. The van der Waals surface area contributed by atoms with Crippen molar-refractivity contribution in [3.8, 4) is 0 Å². The predicted octanol–water partition coefficient (Wildman–Crippen LogP) is 3.67. The molecule has 0 atom stereocenters. The average molecular weight is 246 g/mol. The maximum atomic E-state index is 10.9. The number of aromatic amines is 1. The molecule has 0 amide bonds. The molecule has 0 saturated carbocycles. The van der Waals surface area contributed by atoms with Crippen LogP contribution in [0.3, 0.4) is 0 Å². The number of H-pyrrole nitrogens is 1. The molecule has 3 rings (SSSR count). The van der Waals surface area contributed by atoms with Gasteiger partial charge in [-0.2, -0.15) is 0 Å². The molecule has 0 bridgehead atoms. The van der Waals surface area contributed by atoms with Crippen LogP contribution in [0.25, 0.3) is 21.8 Å². The van der Waals surface area contributed by atoms with Crippen molar-refractivity contribution < 1.29 is 9.90 Å². The number of hydrogen-bond donors (Lipinski definition) is 2. The van der Waals surface area contributed by atoms with Gasteiger partial charge in [-0.15, -0.1) is 0 Å². The number of fused-ring (bicyclic) bond motifs is 3. The molecule has 2 N–H and O–H groups in total. The first kappa shape index (κ1) is 10.2. The summed E-state index contributed by atoms with van der Waals surface area (Å²) < 4.78 is 0. The van der Waals surface area contributed by atoms with Gasteiger partial charge in [0.15, 0.2) is 0 Å². The van der Waals surface area contributed by atoms with Crippen molar-refractivity contribution in [2.75, 3.05) is 0 Å². The summed E-state index contributed by atoms with van der Waals surface area (Å²) in [5, 5.41) is 11.6. The van der Waals surface area contributed by atoms with E-state index in [2.05, 4.69) is 4.98 Å². The van der Waals surface area contributed by atoms with Gasteiger partial charge in [0.05, 0.1) is 5.56 Å². The van der Waals surface area contributed by atoms with Gasteiger partial charge >= 0.3 is 5.97 Å². The Hall–Kier alpha value is -2.00. The molecule has 0 spiro atoms. The molecular formula is C13H8ClNO2. The summed E-state index contributed by atoms with van der Waals surface area (Å²) in [6, 6.07) is 10.6. The number of halogens is 1. The number of aromatic nitrogens is 1. The highest BCUT2D eigenvalue weighted by Gasteiger charge is 2.08. The lowest BCUT2D eigenvalue weighted by atomic mass is 10.1. The second kappa shape index (κ2) is 3.50. The third-order valence-electron chi connectivity index (χ3n) is 2.81. The highest BCUT2D eigenvalue weighted by atomic mass is 35.5. The number of carboxylic acids is 1. The fourth-order valence-corrected chi connectivity index (χ4v) is 2.18. The Morgan fingerprint density at radius 1 is 1.06 bits per heavy atom. The predicted molar refractivity (Wildman–Crippen MR) is 67.8 cm³/mol. The zero-order chi connectivity index (χ0) is 12.0. The van der Waals surface area contributed by atoms with Gasteiger partial charge in [0.1, 0.15) is 0 Å². The topological polar surface area (TPSA) is 53.1 Å². The molecule has 0 unspecified atom stereocenters.